The van der Waals surface area contributed by atoms with Crippen molar-refractivity contribution in [2.24, 2.45) is 22.4 Å². The maximum atomic E-state index is 11.5. The van der Waals surface area contributed by atoms with Gasteiger partial charge in [-0.3, -0.25) is 9.69 Å². The Morgan fingerprint density at radius 2 is 1.83 bits per heavy atom. The molecular formula is C23H32IN5O. The van der Waals surface area contributed by atoms with Gasteiger partial charge in [-0.2, -0.15) is 0 Å². The van der Waals surface area contributed by atoms with Gasteiger partial charge in [0.2, 0.25) is 5.91 Å². The molecule has 2 aromatic carbocycles. The number of guanidine groups is 1. The largest absolute Gasteiger partial charge is 0.370 e. The van der Waals surface area contributed by atoms with E-state index in [2.05, 4.69) is 53.3 Å². The number of hydrogen-bond acceptors (Lipinski definition) is 3. The standard InChI is InChI=1S/C23H31N5O.HI/c1-16-9-17(2)11-21(10-16)27-23(25)26-13-18-5-3-6-19(12-18)14-28-8-4-7-20(15-28)22(24)29;/h3,5-6,9-12,20H,4,7-8,13-15H2,1-2H3,(H2,24,29)(H3,25,26,27);1H. The Labute approximate surface area is 196 Å². The van der Waals surface area contributed by atoms with Gasteiger partial charge in [0.1, 0.15) is 0 Å². The average Bonchev–Trinajstić information content (AvgIpc) is 2.66. The lowest BCUT2D eigenvalue weighted by molar-refractivity contribution is -0.123. The SMILES string of the molecule is Cc1cc(C)cc(NC(N)=NCc2cccc(CN3CCCC(C(N)=O)C3)c2)c1.I. The highest BCUT2D eigenvalue weighted by Crippen LogP contribution is 2.19. The number of nitrogens with two attached hydrogens (primary N) is 2. The van der Waals surface area contributed by atoms with E-state index in [1.54, 1.807) is 0 Å². The van der Waals surface area contributed by atoms with Gasteiger partial charge in [0.05, 0.1) is 12.5 Å². The minimum Gasteiger partial charge on any atom is -0.370 e. The van der Waals surface area contributed by atoms with Crippen molar-refractivity contribution in [3.8, 4) is 0 Å². The fraction of sp³-hybridized carbons (Fsp3) is 0.391. The first-order valence-electron chi connectivity index (χ1n) is 10.1. The Hall–Kier alpha value is -2.13. The quantitative estimate of drug-likeness (QED) is 0.308. The summed E-state index contributed by atoms with van der Waals surface area (Å²) in [7, 11) is 0. The summed E-state index contributed by atoms with van der Waals surface area (Å²) in [6, 6.07) is 14.6. The highest BCUT2D eigenvalue weighted by atomic mass is 127. The third-order valence-electron chi connectivity index (χ3n) is 5.23. The van der Waals surface area contributed by atoms with Crippen LogP contribution in [0.3, 0.4) is 0 Å². The number of nitrogens with one attached hydrogen (secondary N) is 1. The number of hydrogen-bond donors (Lipinski definition) is 3. The number of aryl methyl sites for hydroxylation is 2. The summed E-state index contributed by atoms with van der Waals surface area (Å²) < 4.78 is 0. The molecule has 1 aliphatic rings. The molecule has 5 N–H and O–H groups in total. The topological polar surface area (TPSA) is 96.7 Å². The third kappa shape index (κ3) is 7.28. The average molecular weight is 521 g/mol. The van der Waals surface area contributed by atoms with Crippen LogP contribution in [0.15, 0.2) is 47.5 Å². The van der Waals surface area contributed by atoms with Gasteiger partial charge in [0, 0.05) is 18.8 Å². The molecule has 0 spiro atoms. The van der Waals surface area contributed by atoms with Gasteiger partial charge < -0.3 is 16.8 Å². The van der Waals surface area contributed by atoms with Crippen LogP contribution in [0.5, 0.6) is 0 Å². The summed E-state index contributed by atoms with van der Waals surface area (Å²) in [5.74, 6) is 0.179. The second-order valence-electron chi connectivity index (χ2n) is 8.00. The first kappa shape index (κ1) is 24.1. The molecule has 162 valence electrons. The van der Waals surface area contributed by atoms with Gasteiger partial charge in [-0.1, -0.05) is 30.3 Å². The number of rotatable bonds is 6. The Bertz CT molecular complexity index is 879. The van der Waals surface area contributed by atoms with E-state index in [1.165, 1.54) is 16.7 Å². The Kier molecular flexibility index (Phi) is 9.10. The number of carbonyl (C=O) groups is 1. The van der Waals surface area contributed by atoms with E-state index < -0.39 is 0 Å². The molecule has 1 saturated heterocycles. The lowest BCUT2D eigenvalue weighted by Crippen LogP contribution is -2.40. The van der Waals surface area contributed by atoms with Crippen molar-refractivity contribution in [3.63, 3.8) is 0 Å². The Morgan fingerprint density at radius 3 is 2.53 bits per heavy atom. The molecule has 0 aliphatic carbocycles. The molecule has 2 aromatic rings. The van der Waals surface area contributed by atoms with Gasteiger partial charge in [-0.25, -0.2) is 4.99 Å². The van der Waals surface area contributed by atoms with Gasteiger partial charge in [0.25, 0.3) is 0 Å². The number of amides is 1. The number of carbonyl (C=O) groups excluding carboxylic acids is 1. The van der Waals surface area contributed by atoms with Crippen molar-refractivity contribution in [2.45, 2.75) is 39.8 Å². The fourth-order valence-electron chi connectivity index (χ4n) is 3.93. The maximum Gasteiger partial charge on any atom is 0.221 e. The van der Waals surface area contributed by atoms with Crippen LogP contribution < -0.4 is 16.8 Å². The molecule has 1 heterocycles. The monoisotopic (exact) mass is 521 g/mol. The van der Waals surface area contributed by atoms with Crippen LogP contribution >= 0.6 is 24.0 Å². The zero-order valence-electron chi connectivity index (χ0n) is 17.7. The number of likely N-dealkylation sites (tertiary alicyclic amines) is 1. The van der Waals surface area contributed by atoms with Crippen LogP contribution in [0.25, 0.3) is 0 Å². The van der Waals surface area contributed by atoms with E-state index in [-0.39, 0.29) is 35.8 Å². The smallest absolute Gasteiger partial charge is 0.221 e. The summed E-state index contributed by atoms with van der Waals surface area (Å²) in [5, 5.41) is 3.17. The molecule has 1 unspecified atom stereocenters. The molecule has 1 aliphatic heterocycles. The molecule has 3 rings (SSSR count). The maximum absolute atomic E-state index is 11.5. The van der Waals surface area contributed by atoms with Gasteiger partial charge in [-0.15, -0.1) is 24.0 Å². The summed E-state index contributed by atoms with van der Waals surface area (Å²) in [5.41, 5.74) is 17.2. The lowest BCUT2D eigenvalue weighted by Gasteiger charge is -2.31. The minimum absolute atomic E-state index is 0. The van der Waals surface area contributed by atoms with Crippen LogP contribution in [0.2, 0.25) is 0 Å². The molecule has 1 fully saturated rings. The molecule has 0 radical (unpaired) electrons. The number of anilines is 1. The van der Waals surface area contributed by atoms with Crippen molar-refractivity contribution in [1.82, 2.24) is 4.90 Å². The number of halogens is 1. The van der Waals surface area contributed by atoms with Crippen LogP contribution in [-0.4, -0.2) is 29.9 Å². The summed E-state index contributed by atoms with van der Waals surface area (Å²) in [4.78, 5) is 18.3. The van der Waals surface area contributed by atoms with Crippen molar-refractivity contribution in [2.75, 3.05) is 18.4 Å². The molecule has 0 bridgehead atoms. The molecule has 0 aromatic heterocycles. The first-order valence-corrected chi connectivity index (χ1v) is 10.1. The first-order chi connectivity index (χ1) is 13.9. The summed E-state index contributed by atoms with van der Waals surface area (Å²) in [6.45, 7) is 7.19. The van der Waals surface area contributed by atoms with Gasteiger partial charge >= 0.3 is 0 Å². The Morgan fingerprint density at radius 1 is 1.13 bits per heavy atom. The predicted molar refractivity (Wildman–Crippen MR) is 134 cm³/mol. The summed E-state index contributed by atoms with van der Waals surface area (Å²) >= 11 is 0. The second-order valence-corrected chi connectivity index (χ2v) is 8.00. The third-order valence-corrected chi connectivity index (χ3v) is 5.23. The number of aliphatic imine (C=N–C) groups is 1. The molecule has 6 nitrogen and oxygen atoms in total. The molecule has 0 saturated carbocycles. The molecule has 30 heavy (non-hydrogen) atoms. The lowest BCUT2D eigenvalue weighted by atomic mass is 9.97. The van der Waals surface area contributed by atoms with Crippen molar-refractivity contribution < 1.29 is 4.79 Å². The minimum atomic E-state index is -0.190. The van der Waals surface area contributed by atoms with Gasteiger partial charge in [-0.05, 0) is 67.6 Å². The molecule has 1 atom stereocenters. The number of benzene rings is 2. The van der Waals surface area contributed by atoms with Crippen LogP contribution in [0.1, 0.15) is 35.1 Å². The molecule has 7 heteroatoms. The number of primary amides is 1. The number of nitrogens with zero attached hydrogens (tertiary/aromatic N) is 2. The van der Waals surface area contributed by atoms with Crippen LogP contribution in [0, 0.1) is 19.8 Å². The van der Waals surface area contributed by atoms with E-state index in [0.29, 0.717) is 12.5 Å². The van der Waals surface area contributed by atoms with Crippen molar-refractivity contribution in [3.05, 3.63) is 64.7 Å². The van der Waals surface area contributed by atoms with E-state index in [4.69, 9.17) is 11.5 Å². The summed E-state index contributed by atoms with van der Waals surface area (Å²) in [6.07, 6.45) is 1.91. The van der Waals surface area contributed by atoms with Crippen molar-refractivity contribution in [1.29, 1.82) is 0 Å². The van der Waals surface area contributed by atoms with E-state index >= 15 is 0 Å². The van der Waals surface area contributed by atoms with Crippen LogP contribution in [-0.2, 0) is 17.9 Å². The van der Waals surface area contributed by atoms with E-state index in [9.17, 15) is 4.79 Å². The van der Waals surface area contributed by atoms with E-state index in [0.717, 1.165) is 43.7 Å². The van der Waals surface area contributed by atoms with Crippen LogP contribution in [0.4, 0.5) is 5.69 Å². The normalized spacial score (nSPS) is 17.3. The zero-order valence-corrected chi connectivity index (χ0v) is 20.1. The molecular weight excluding hydrogens is 489 g/mol. The highest BCUT2D eigenvalue weighted by Gasteiger charge is 2.23. The van der Waals surface area contributed by atoms with Gasteiger partial charge in [0.15, 0.2) is 5.96 Å². The predicted octanol–water partition coefficient (Wildman–Crippen LogP) is 3.55. The Balaban J connectivity index is 0.00000320. The second kappa shape index (κ2) is 11.3. The van der Waals surface area contributed by atoms with Crippen molar-refractivity contribution >= 4 is 41.5 Å². The highest BCUT2D eigenvalue weighted by molar-refractivity contribution is 14.0. The van der Waals surface area contributed by atoms with E-state index in [1.807, 2.05) is 18.2 Å². The number of piperidine rings is 1. The zero-order chi connectivity index (χ0) is 20.8. The fourth-order valence-corrected chi connectivity index (χ4v) is 3.93. The molecule has 1 amide bonds.